The van der Waals surface area contributed by atoms with Gasteiger partial charge in [-0.3, -0.25) is 10.1 Å². The molecule has 0 N–H and O–H groups in total. The summed E-state index contributed by atoms with van der Waals surface area (Å²) in [4.78, 5) is 10.4. The second-order valence-corrected chi connectivity index (χ2v) is 4.83. The van der Waals surface area contributed by atoms with Gasteiger partial charge in [0.15, 0.2) is 0 Å². The smallest absolute Gasteiger partial charge is 0.276 e. The van der Waals surface area contributed by atoms with Crippen LogP contribution in [0.2, 0.25) is 5.02 Å². The summed E-state index contributed by atoms with van der Waals surface area (Å²) in [6.07, 6.45) is 0. The van der Waals surface area contributed by atoms with Crippen LogP contribution in [0.3, 0.4) is 0 Å². The summed E-state index contributed by atoms with van der Waals surface area (Å²) >= 11 is 11.8. The van der Waals surface area contributed by atoms with E-state index in [1.54, 1.807) is 37.3 Å². The Bertz CT molecular complexity index is 659. The van der Waals surface area contributed by atoms with Crippen molar-refractivity contribution in [3.8, 4) is 11.5 Å². The first-order valence-corrected chi connectivity index (χ1v) is 6.70. The van der Waals surface area contributed by atoms with E-state index in [4.69, 9.17) is 27.9 Å². The Labute approximate surface area is 126 Å². The Balaban J connectivity index is 2.35. The van der Waals surface area contributed by atoms with Gasteiger partial charge in [0.25, 0.3) is 5.69 Å². The number of nitro benzene ring substituents is 1. The molecule has 0 spiro atoms. The van der Waals surface area contributed by atoms with Crippen molar-refractivity contribution >= 4 is 28.9 Å². The van der Waals surface area contributed by atoms with E-state index in [1.807, 2.05) is 0 Å². The summed E-state index contributed by atoms with van der Waals surface area (Å²) in [5.74, 6) is 1.19. The van der Waals surface area contributed by atoms with Crippen LogP contribution in [0.15, 0.2) is 36.4 Å². The Hall–Kier alpha value is -1.78. The SMILES string of the molecule is Cc1c(Oc2ccc(CCl)cc2Cl)cccc1[N+](=O)[O-]. The fourth-order valence-electron chi connectivity index (χ4n) is 1.74. The molecule has 2 aromatic carbocycles. The molecule has 0 aromatic heterocycles. The largest absolute Gasteiger partial charge is 0.455 e. The van der Waals surface area contributed by atoms with Gasteiger partial charge in [-0.05, 0) is 30.7 Å². The molecule has 4 nitrogen and oxygen atoms in total. The highest BCUT2D eigenvalue weighted by molar-refractivity contribution is 6.32. The third-order valence-electron chi connectivity index (χ3n) is 2.82. The molecule has 0 radical (unpaired) electrons. The number of hydrogen-bond donors (Lipinski definition) is 0. The van der Waals surface area contributed by atoms with Crippen molar-refractivity contribution in [2.75, 3.05) is 0 Å². The maximum absolute atomic E-state index is 10.9. The molecular formula is C14H11Cl2NO3. The van der Waals surface area contributed by atoms with E-state index in [0.717, 1.165) is 5.56 Å². The molecule has 2 aromatic rings. The standard InChI is InChI=1S/C14H11Cl2NO3/c1-9-12(17(18)19)3-2-4-13(9)20-14-6-5-10(8-15)7-11(14)16/h2-7H,8H2,1H3. The zero-order chi connectivity index (χ0) is 14.7. The van der Waals surface area contributed by atoms with Crippen molar-refractivity contribution in [1.29, 1.82) is 0 Å². The van der Waals surface area contributed by atoms with Crippen LogP contribution < -0.4 is 4.74 Å². The van der Waals surface area contributed by atoms with Crippen LogP contribution in [0.4, 0.5) is 5.69 Å². The summed E-state index contributed by atoms with van der Waals surface area (Å²) in [6.45, 7) is 1.63. The van der Waals surface area contributed by atoms with Gasteiger partial charge >= 0.3 is 0 Å². The summed E-state index contributed by atoms with van der Waals surface area (Å²) in [7, 11) is 0. The maximum atomic E-state index is 10.9. The molecule has 0 aliphatic rings. The first-order chi connectivity index (χ1) is 9.52. The van der Waals surface area contributed by atoms with Crippen molar-refractivity contribution in [1.82, 2.24) is 0 Å². The Morgan fingerprint density at radius 2 is 2.00 bits per heavy atom. The minimum Gasteiger partial charge on any atom is -0.455 e. The fourth-order valence-corrected chi connectivity index (χ4v) is 2.15. The molecule has 104 valence electrons. The molecule has 0 saturated heterocycles. The lowest BCUT2D eigenvalue weighted by atomic mass is 10.2. The molecule has 0 aliphatic heterocycles. The second-order valence-electron chi connectivity index (χ2n) is 4.16. The minimum atomic E-state index is -0.444. The van der Waals surface area contributed by atoms with Gasteiger partial charge in [0.2, 0.25) is 0 Å². The average Bonchev–Trinajstić information content (AvgIpc) is 2.42. The number of rotatable bonds is 4. The van der Waals surface area contributed by atoms with Crippen LogP contribution >= 0.6 is 23.2 Å². The van der Waals surface area contributed by atoms with Gasteiger partial charge in [0.1, 0.15) is 11.5 Å². The van der Waals surface area contributed by atoms with E-state index in [1.165, 1.54) is 6.07 Å². The molecule has 0 atom stereocenters. The lowest BCUT2D eigenvalue weighted by molar-refractivity contribution is -0.385. The normalized spacial score (nSPS) is 10.3. The zero-order valence-electron chi connectivity index (χ0n) is 10.6. The fraction of sp³-hybridized carbons (Fsp3) is 0.143. The van der Waals surface area contributed by atoms with Gasteiger partial charge in [-0.2, -0.15) is 0 Å². The molecule has 0 unspecified atom stereocenters. The molecule has 0 saturated carbocycles. The highest BCUT2D eigenvalue weighted by Crippen LogP contribution is 2.34. The topological polar surface area (TPSA) is 52.4 Å². The highest BCUT2D eigenvalue weighted by atomic mass is 35.5. The Morgan fingerprint density at radius 3 is 2.60 bits per heavy atom. The summed E-state index contributed by atoms with van der Waals surface area (Å²) in [5, 5.41) is 11.3. The molecule has 2 rings (SSSR count). The number of hydrogen-bond acceptors (Lipinski definition) is 3. The predicted molar refractivity (Wildman–Crippen MR) is 78.9 cm³/mol. The molecule has 0 aliphatic carbocycles. The minimum absolute atomic E-state index is 0.0102. The van der Waals surface area contributed by atoms with E-state index in [2.05, 4.69) is 0 Å². The number of nitrogens with zero attached hydrogens (tertiary/aromatic N) is 1. The van der Waals surface area contributed by atoms with Crippen LogP contribution in [0, 0.1) is 17.0 Å². The Kier molecular flexibility index (Phi) is 4.47. The lowest BCUT2D eigenvalue weighted by Gasteiger charge is -2.10. The van der Waals surface area contributed by atoms with E-state index in [-0.39, 0.29) is 5.69 Å². The number of ether oxygens (including phenoxy) is 1. The van der Waals surface area contributed by atoms with Gasteiger partial charge in [-0.1, -0.05) is 23.7 Å². The predicted octanol–water partition coefficient (Wildman–Crippen LogP) is 5.09. The summed E-state index contributed by atoms with van der Waals surface area (Å²) < 4.78 is 5.65. The summed E-state index contributed by atoms with van der Waals surface area (Å²) in [6, 6.07) is 9.85. The Morgan fingerprint density at radius 1 is 1.25 bits per heavy atom. The first-order valence-electron chi connectivity index (χ1n) is 5.79. The second kappa shape index (κ2) is 6.11. The zero-order valence-corrected chi connectivity index (χ0v) is 12.1. The van der Waals surface area contributed by atoms with Gasteiger partial charge < -0.3 is 4.74 Å². The van der Waals surface area contributed by atoms with Crippen molar-refractivity contribution in [3.63, 3.8) is 0 Å². The van der Waals surface area contributed by atoms with Crippen LogP contribution in [-0.2, 0) is 5.88 Å². The average molecular weight is 312 g/mol. The van der Waals surface area contributed by atoms with Gasteiger partial charge in [0, 0.05) is 11.9 Å². The molecule has 0 fully saturated rings. The first kappa shape index (κ1) is 14.6. The number of nitro groups is 1. The molecule has 20 heavy (non-hydrogen) atoms. The molecule has 0 bridgehead atoms. The lowest BCUT2D eigenvalue weighted by Crippen LogP contribution is -1.95. The molecular weight excluding hydrogens is 301 g/mol. The van der Waals surface area contributed by atoms with Crippen LogP contribution in [0.1, 0.15) is 11.1 Å². The highest BCUT2D eigenvalue weighted by Gasteiger charge is 2.15. The molecule has 6 heteroatoms. The monoisotopic (exact) mass is 311 g/mol. The van der Waals surface area contributed by atoms with Crippen LogP contribution in [-0.4, -0.2) is 4.92 Å². The number of alkyl halides is 1. The number of halogens is 2. The maximum Gasteiger partial charge on any atom is 0.276 e. The number of benzene rings is 2. The van der Waals surface area contributed by atoms with Gasteiger partial charge in [-0.15, -0.1) is 11.6 Å². The molecule has 0 amide bonds. The van der Waals surface area contributed by atoms with E-state index in [0.29, 0.717) is 28.0 Å². The van der Waals surface area contributed by atoms with Crippen molar-refractivity contribution in [2.24, 2.45) is 0 Å². The van der Waals surface area contributed by atoms with Gasteiger partial charge in [0.05, 0.1) is 15.5 Å². The van der Waals surface area contributed by atoms with Crippen molar-refractivity contribution in [3.05, 3.63) is 62.7 Å². The van der Waals surface area contributed by atoms with Crippen molar-refractivity contribution in [2.45, 2.75) is 12.8 Å². The van der Waals surface area contributed by atoms with E-state index < -0.39 is 4.92 Å². The molecule has 0 heterocycles. The van der Waals surface area contributed by atoms with E-state index in [9.17, 15) is 10.1 Å². The van der Waals surface area contributed by atoms with E-state index >= 15 is 0 Å². The third kappa shape index (κ3) is 3.03. The third-order valence-corrected chi connectivity index (χ3v) is 3.43. The van der Waals surface area contributed by atoms with Crippen LogP contribution in [0.25, 0.3) is 0 Å². The van der Waals surface area contributed by atoms with Crippen molar-refractivity contribution < 1.29 is 9.66 Å². The quantitative estimate of drug-likeness (QED) is 0.449. The van der Waals surface area contributed by atoms with Crippen LogP contribution in [0.5, 0.6) is 11.5 Å². The summed E-state index contributed by atoms with van der Waals surface area (Å²) in [5.41, 5.74) is 1.34. The van der Waals surface area contributed by atoms with Gasteiger partial charge in [-0.25, -0.2) is 0 Å².